The number of hydrogen-bond acceptors (Lipinski definition) is 5. The number of likely N-dealkylation sites (tertiary alicyclic amines) is 1. The third-order valence-corrected chi connectivity index (χ3v) is 6.54. The monoisotopic (exact) mass is 395 g/mol. The molecule has 0 amide bonds. The van der Waals surface area contributed by atoms with Gasteiger partial charge in [-0.3, -0.25) is 4.90 Å². The van der Waals surface area contributed by atoms with E-state index in [1.165, 1.54) is 23.3 Å². The van der Waals surface area contributed by atoms with E-state index in [-0.39, 0.29) is 23.8 Å². The molecule has 2 aliphatic rings. The van der Waals surface area contributed by atoms with Gasteiger partial charge in [0.2, 0.25) is 0 Å². The molecule has 0 bridgehead atoms. The van der Waals surface area contributed by atoms with Gasteiger partial charge in [0.15, 0.2) is 5.58 Å². The quantitative estimate of drug-likeness (QED) is 0.705. The van der Waals surface area contributed by atoms with Gasteiger partial charge >= 0.3 is 0 Å². The van der Waals surface area contributed by atoms with Crippen molar-refractivity contribution in [1.29, 1.82) is 0 Å². The maximum atomic E-state index is 13.4. The Labute approximate surface area is 169 Å². The molecule has 2 N–H and O–H groups in total. The van der Waals surface area contributed by atoms with E-state index in [0.29, 0.717) is 5.58 Å². The van der Waals surface area contributed by atoms with Crippen LogP contribution >= 0.6 is 0 Å². The summed E-state index contributed by atoms with van der Waals surface area (Å²) in [5.74, 6) is -0.0180. The molecule has 1 fully saturated rings. The number of nitrogens with one attached hydrogen (secondary N) is 1. The summed E-state index contributed by atoms with van der Waals surface area (Å²) in [5.41, 5.74) is 4.05. The van der Waals surface area contributed by atoms with Gasteiger partial charge in [-0.15, -0.1) is 0 Å². The second-order valence-electron chi connectivity index (χ2n) is 8.31. The molecule has 5 nitrogen and oxygen atoms in total. The number of halogens is 1. The van der Waals surface area contributed by atoms with Crippen LogP contribution in [0.15, 0.2) is 47.0 Å². The van der Waals surface area contributed by atoms with Crippen LogP contribution in [0.25, 0.3) is 11.0 Å². The third kappa shape index (κ3) is 3.35. The summed E-state index contributed by atoms with van der Waals surface area (Å²) in [6.07, 6.45) is 1.44. The van der Waals surface area contributed by atoms with Crippen LogP contribution in [0, 0.1) is 5.82 Å². The number of rotatable bonds is 4. The number of nitrogens with zero attached hydrogens (tertiary/aromatic N) is 2. The Bertz CT molecular complexity index is 1010. The fourth-order valence-electron chi connectivity index (χ4n) is 5.12. The van der Waals surface area contributed by atoms with Crippen LogP contribution in [-0.4, -0.2) is 40.4 Å². The predicted octanol–water partition coefficient (Wildman–Crippen LogP) is 3.74. The summed E-state index contributed by atoms with van der Waals surface area (Å²) in [7, 11) is 0. The highest BCUT2D eigenvalue weighted by Gasteiger charge is 2.38. The van der Waals surface area contributed by atoms with Crippen molar-refractivity contribution < 1.29 is 14.0 Å². The summed E-state index contributed by atoms with van der Waals surface area (Å²) in [4.78, 5) is 2.41. The Balaban J connectivity index is 1.33. The van der Waals surface area contributed by atoms with Crippen LogP contribution in [0.3, 0.4) is 0 Å². The van der Waals surface area contributed by atoms with Crippen LogP contribution in [0.2, 0.25) is 0 Å². The van der Waals surface area contributed by atoms with Gasteiger partial charge in [-0.25, -0.2) is 4.39 Å². The first-order valence-electron chi connectivity index (χ1n) is 10.4. The molecule has 3 heterocycles. The maximum absolute atomic E-state index is 13.4. The van der Waals surface area contributed by atoms with Crippen molar-refractivity contribution in [3.05, 3.63) is 65.1 Å². The molecule has 0 radical (unpaired) electrons. The number of aliphatic hydroxyl groups is 1. The highest BCUT2D eigenvalue weighted by molar-refractivity contribution is 5.79. The summed E-state index contributed by atoms with van der Waals surface area (Å²) in [5, 5.41) is 19.4. The highest BCUT2D eigenvalue weighted by Crippen LogP contribution is 2.37. The van der Waals surface area contributed by atoms with Crippen molar-refractivity contribution in [1.82, 2.24) is 15.4 Å². The zero-order valence-electron chi connectivity index (χ0n) is 16.5. The fraction of sp³-hybridized carbons (Fsp3) is 0.435. The molecule has 152 valence electrons. The van der Waals surface area contributed by atoms with Crippen molar-refractivity contribution in [3.63, 3.8) is 0 Å². The van der Waals surface area contributed by atoms with E-state index >= 15 is 0 Å². The molecule has 2 aliphatic heterocycles. The average molecular weight is 395 g/mol. The molecular formula is C23H26FN3O2. The first kappa shape index (κ1) is 18.7. The molecule has 0 spiro atoms. The van der Waals surface area contributed by atoms with Crippen molar-refractivity contribution >= 4 is 11.0 Å². The van der Waals surface area contributed by atoms with E-state index in [9.17, 15) is 9.50 Å². The summed E-state index contributed by atoms with van der Waals surface area (Å²) >= 11 is 0. The molecule has 3 unspecified atom stereocenters. The fourth-order valence-corrected chi connectivity index (χ4v) is 5.12. The minimum atomic E-state index is -0.439. The van der Waals surface area contributed by atoms with Gasteiger partial charge in [-0.2, -0.15) is 0 Å². The molecule has 5 rings (SSSR count). The number of piperidine rings is 1. The van der Waals surface area contributed by atoms with Crippen LogP contribution in [0.1, 0.15) is 48.5 Å². The molecule has 3 atom stereocenters. The largest absolute Gasteiger partial charge is 0.392 e. The Morgan fingerprint density at radius 1 is 1.21 bits per heavy atom. The van der Waals surface area contributed by atoms with Gasteiger partial charge in [-0.05, 0) is 56.1 Å². The molecule has 29 heavy (non-hydrogen) atoms. The van der Waals surface area contributed by atoms with E-state index in [1.807, 2.05) is 6.92 Å². The number of hydrogen-bond donors (Lipinski definition) is 2. The molecule has 0 aliphatic carbocycles. The number of benzene rings is 2. The standard InChI is InChI=1S/C23H26FN3O2/c1-14(28)23(22-18-5-3-2-4-16(18)13-25-22)27-10-8-15(9-11-27)21-19-7-6-17(24)12-20(19)29-26-21/h2-7,12,14-15,22-23,25,28H,8-11,13H2,1H3. The predicted molar refractivity (Wildman–Crippen MR) is 109 cm³/mol. The smallest absolute Gasteiger partial charge is 0.170 e. The Morgan fingerprint density at radius 3 is 2.79 bits per heavy atom. The van der Waals surface area contributed by atoms with Crippen LogP contribution in [-0.2, 0) is 6.54 Å². The summed E-state index contributed by atoms with van der Waals surface area (Å²) < 4.78 is 18.8. The van der Waals surface area contributed by atoms with E-state index in [0.717, 1.165) is 43.6 Å². The zero-order valence-corrected chi connectivity index (χ0v) is 16.5. The van der Waals surface area contributed by atoms with Gasteiger partial charge in [0.25, 0.3) is 0 Å². The molecule has 6 heteroatoms. The zero-order chi connectivity index (χ0) is 20.0. The minimum Gasteiger partial charge on any atom is -0.392 e. The molecule has 3 aromatic rings. The van der Waals surface area contributed by atoms with E-state index in [4.69, 9.17) is 4.52 Å². The second kappa shape index (κ2) is 7.52. The Kier molecular flexibility index (Phi) is 4.86. The first-order valence-corrected chi connectivity index (χ1v) is 10.4. The number of aromatic nitrogens is 1. The molecule has 1 saturated heterocycles. The van der Waals surface area contributed by atoms with E-state index < -0.39 is 6.10 Å². The van der Waals surface area contributed by atoms with Gasteiger partial charge in [0.05, 0.1) is 23.9 Å². The molecule has 2 aromatic carbocycles. The topological polar surface area (TPSA) is 61.5 Å². The third-order valence-electron chi connectivity index (χ3n) is 6.54. The van der Waals surface area contributed by atoms with Crippen molar-refractivity contribution in [2.45, 2.75) is 50.4 Å². The second-order valence-corrected chi connectivity index (χ2v) is 8.31. The van der Waals surface area contributed by atoms with Gasteiger partial charge in [0.1, 0.15) is 5.82 Å². The SMILES string of the molecule is CC(O)C(C1NCc2ccccc21)N1CCC(c2noc3cc(F)ccc23)CC1. The molecular weight excluding hydrogens is 369 g/mol. The van der Waals surface area contributed by atoms with Crippen molar-refractivity contribution in [3.8, 4) is 0 Å². The van der Waals surface area contributed by atoms with Gasteiger partial charge < -0.3 is 14.9 Å². The Hall–Kier alpha value is -2.28. The van der Waals surface area contributed by atoms with Crippen LogP contribution < -0.4 is 5.32 Å². The van der Waals surface area contributed by atoms with E-state index in [2.05, 4.69) is 39.6 Å². The van der Waals surface area contributed by atoms with Crippen LogP contribution in [0.4, 0.5) is 4.39 Å². The Morgan fingerprint density at radius 2 is 2.00 bits per heavy atom. The number of aliphatic hydroxyl groups excluding tert-OH is 1. The maximum Gasteiger partial charge on any atom is 0.170 e. The lowest BCUT2D eigenvalue weighted by molar-refractivity contribution is 0.0250. The lowest BCUT2D eigenvalue weighted by atomic mass is 9.88. The average Bonchev–Trinajstić information content (AvgIpc) is 3.33. The van der Waals surface area contributed by atoms with Crippen LogP contribution in [0.5, 0.6) is 0 Å². The van der Waals surface area contributed by atoms with E-state index in [1.54, 1.807) is 6.07 Å². The lowest BCUT2D eigenvalue weighted by Gasteiger charge is -2.41. The normalized spacial score (nSPS) is 22.7. The number of fused-ring (bicyclic) bond motifs is 2. The lowest BCUT2D eigenvalue weighted by Crippen LogP contribution is -2.51. The van der Waals surface area contributed by atoms with Crippen molar-refractivity contribution in [2.75, 3.05) is 13.1 Å². The first-order chi connectivity index (χ1) is 14.1. The van der Waals surface area contributed by atoms with Crippen molar-refractivity contribution in [2.24, 2.45) is 0 Å². The van der Waals surface area contributed by atoms with Gasteiger partial charge in [0, 0.05) is 23.9 Å². The highest BCUT2D eigenvalue weighted by atomic mass is 19.1. The molecule has 1 aromatic heterocycles. The van der Waals surface area contributed by atoms with Gasteiger partial charge in [-0.1, -0.05) is 29.4 Å². The summed E-state index contributed by atoms with van der Waals surface area (Å²) in [6, 6.07) is 13.3. The minimum absolute atomic E-state index is 0.0303. The molecule has 0 saturated carbocycles. The summed E-state index contributed by atoms with van der Waals surface area (Å²) in [6.45, 7) is 4.51.